The molecule has 0 radical (unpaired) electrons. The number of carbonyl (C=O) groups excluding carboxylic acids is 1. The first kappa shape index (κ1) is 9.97. The highest BCUT2D eigenvalue weighted by atomic mass is 16.1. The molecule has 0 aliphatic rings. The Morgan fingerprint density at radius 1 is 1.40 bits per heavy atom. The van der Waals surface area contributed by atoms with Crippen molar-refractivity contribution in [3.8, 4) is 0 Å². The standard InChI is InChI=1S/C13H15NO/c1-4-14-8-9(2)13-11(10(3)15)6-5-7-12(13)14/h5-8H,4H2,1-3H3. The molecule has 2 heteroatoms. The molecule has 2 nitrogen and oxygen atoms in total. The smallest absolute Gasteiger partial charge is 0.160 e. The van der Waals surface area contributed by atoms with Gasteiger partial charge in [-0.25, -0.2) is 0 Å². The van der Waals surface area contributed by atoms with E-state index in [-0.39, 0.29) is 5.78 Å². The molecule has 0 spiro atoms. The van der Waals surface area contributed by atoms with Gasteiger partial charge in [-0.15, -0.1) is 0 Å². The topological polar surface area (TPSA) is 22.0 Å². The number of Topliss-reactive ketones (excluding diaryl/α,β-unsaturated/α-hetero) is 1. The van der Waals surface area contributed by atoms with Crippen molar-refractivity contribution in [2.24, 2.45) is 0 Å². The van der Waals surface area contributed by atoms with Gasteiger partial charge >= 0.3 is 0 Å². The van der Waals surface area contributed by atoms with E-state index in [9.17, 15) is 4.79 Å². The highest BCUT2D eigenvalue weighted by Gasteiger charge is 2.10. The van der Waals surface area contributed by atoms with Crippen molar-refractivity contribution >= 4 is 16.7 Å². The van der Waals surface area contributed by atoms with Crippen LogP contribution in [-0.2, 0) is 6.54 Å². The van der Waals surface area contributed by atoms with Gasteiger partial charge < -0.3 is 4.57 Å². The summed E-state index contributed by atoms with van der Waals surface area (Å²) in [7, 11) is 0. The molecular weight excluding hydrogens is 186 g/mol. The van der Waals surface area contributed by atoms with E-state index in [0.717, 1.165) is 23.0 Å². The second-order valence-electron chi connectivity index (χ2n) is 3.85. The van der Waals surface area contributed by atoms with Gasteiger partial charge in [-0.05, 0) is 32.4 Å². The Morgan fingerprint density at radius 3 is 2.73 bits per heavy atom. The van der Waals surface area contributed by atoms with E-state index in [4.69, 9.17) is 0 Å². The minimum Gasteiger partial charge on any atom is -0.347 e. The Morgan fingerprint density at radius 2 is 2.13 bits per heavy atom. The van der Waals surface area contributed by atoms with Gasteiger partial charge in [0.15, 0.2) is 5.78 Å². The molecule has 0 amide bonds. The number of rotatable bonds is 2. The van der Waals surface area contributed by atoms with Gasteiger partial charge in [0.2, 0.25) is 0 Å². The molecule has 0 aliphatic heterocycles. The van der Waals surface area contributed by atoms with Crippen molar-refractivity contribution < 1.29 is 4.79 Å². The first-order valence-corrected chi connectivity index (χ1v) is 5.24. The van der Waals surface area contributed by atoms with E-state index in [0.29, 0.717) is 0 Å². The summed E-state index contributed by atoms with van der Waals surface area (Å²) in [5.74, 6) is 0.137. The van der Waals surface area contributed by atoms with Crippen LogP contribution in [0.1, 0.15) is 29.8 Å². The summed E-state index contributed by atoms with van der Waals surface area (Å²) in [6.45, 7) is 6.73. The molecule has 0 saturated carbocycles. The van der Waals surface area contributed by atoms with Gasteiger partial charge in [0.05, 0.1) is 0 Å². The average Bonchev–Trinajstić information content (AvgIpc) is 2.55. The Bertz CT molecular complexity index is 523. The van der Waals surface area contributed by atoms with Gasteiger partial charge in [-0.2, -0.15) is 0 Å². The first-order valence-electron chi connectivity index (χ1n) is 5.24. The molecule has 0 saturated heterocycles. The van der Waals surface area contributed by atoms with Gasteiger partial charge in [0.1, 0.15) is 0 Å². The number of benzene rings is 1. The molecule has 0 N–H and O–H groups in total. The van der Waals surface area contributed by atoms with Crippen molar-refractivity contribution in [1.82, 2.24) is 4.57 Å². The molecule has 1 aromatic heterocycles. The zero-order valence-corrected chi connectivity index (χ0v) is 9.37. The zero-order valence-electron chi connectivity index (χ0n) is 9.37. The van der Waals surface area contributed by atoms with Gasteiger partial charge in [0.25, 0.3) is 0 Å². The van der Waals surface area contributed by atoms with Crippen molar-refractivity contribution in [1.29, 1.82) is 0 Å². The van der Waals surface area contributed by atoms with Crippen molar-refractivity contribution in [2.75, 3.05) is 0 Å². The third-order valence-corrected chi connectivity index (χ3v) is 2.82. The number of carbonyl (C=O) groups is 1. The fourth-order valence-corrected chi connectivity index (χ4v) is 2.12. The summed E-state index contributed by atoms with van der Waals surface area (Å²) < 4.78 is 2.18. The fourth-order valence-electron chi connectivity index (χ4n) is 2.12. The summed E-state index contributed by atoms with van der Waals surface area (Å²) in [5.41, 5.74) is 3.16. The number of hydrogen-bond acceptors (Lipinski definition) is 1. The Kier molecular flexibility index (Phi) is 2.35. The molecule has 0 aliphatic carbocycles. The van der Waals surface area contributed by atoms with Crippen molar-refractivity contribution in [3.05, 3.63) is 35.5 Å². The second kappa shape index (κ2) is 3.54. The highest BCUT2D eigenvalue weighted by Crippen LogP contribution is 2.24. The monoisotopic (exact) mass is 201 g/mol. The summed E-state index contributed by atoms with van der Waals surface area (Å²) in [6, 6.07) is 5.92. The summed E-state index contributed by atoms with van der Waals surface area (Å²) in [4.78, 5) is 11.5. The predicted octanol–water partition coefficient (Wildman–Crippen LogP) is 3.17. The SMILES string of the molecule is CCn1cc(C)c2c(C(C)=O)cccc21. The maximum Gasteiger partial charge on any atom is 0.160 e. The van der Waals surface area contributed by atoms with Crippen LogP contribution in [-0.4, -0.2) is 10.4 Å². The number of aryl methyl sites for hydroxylation is 2. The number of aromatic nitrogens is 1. The van der Waals surface area contributed by atoms with Crippen LogP contribution in [0.25, 0.3) is 10.9 Å². The van der Waals surface area contributed by atoms with E-state index in [2.05, 4.69) is 30.7 Å². The molecule has 2 aromatic rings. The highest BCUT2D eigenvalue weighted by molar-refractivity contribution is 6.07. The van der Waals surface area contributed by atoms with Crippen molar-refractivity contribution in [3.63, 3.8) is 0 Å². The third-order valence-electron chi connectivity index (χ3n) is 2.82. The minimum absolute atomic E-state index is 0.137. The molecule has 0 bridgehead atoms. The molecule has 0 atom stereocenters. The van der Waals surface area contributed by atoms with Gasteiger partial charge in [-0.3, -0.25) is 4.79 Å². The summed E-state index contributed by atoms with van der Waals surface area (Å²) >= 11 is 0. The summed E-state index contributed by atoms with van der Waals surface area (Å²) in [6.07, 6.45) is 2.11. The van der Waals surface area contributed by atoms with E-state index >= 15 is 0 Å². The first-order chi connectivity index (χ1) is 7.15. The number of fused-ring (bicyclic) bond motifs is 1. The lowest BCUT2D eigenvalue weighted by Gasteiger charge is -2.02. The number of hydrogen-bond donors (Lipinski definition) is 0. The number of nitrogens with zero attached hydrogens (tertiary/aromatic N) is 1. The Labute approximate surface area is 89.5 Å². The number of ketones is 1. The normalized spacial score (nSPS) is 10.9. The van der Waals surface area contributed by atoms with Crippen LogP contribution < -0.4 is 0 Å². The molecule has 1 aromatic carbocycles. The van der Waals surface area contributed by atoms with E-state index in [1.807, 2.05) is 12.1 Å². The quantitative estimate of drug-likeness (QED) is 0.684. The molecule has 0 unspecified atom stereocenters. The maximum absolute atomic E-state index is 11.5. The maximum atomic E-state index is 11.5. The van der Waals surface area contributed by atoms with E-state index in [1.54, 1.807) is 6.92 Å². The van der Waals surface area contributed by atoms with Crippen LogP contribution in [0, 0.1) is 6.92 Å². The predicted molar refractivity (Wildman–Crippen MR) is 62.4 cm³/mol. The third kappa shape index (κ3) is 1.46. The fraction of sp³-hybridized carbons (Fsp3) is 0.308. The Balaban J connectivity index is 2.86. The van der Waals surface area contributed by atoms with Crippen LogP contribution >= 0.6 is 0 Å². The molecular formula is C13H15NO. The van der Waals surface area contributed by atoms with Crippen LogP contribution in [0.4, 0.5) is 0 Å². The molecule has 2 rings (SSSR count). The summed E-state index contributed by atoms with van der Waals surface area (Å²) in [5, 5.41) is 1.10. The van der Waals surface area contributed by atoms with Crippen LogP contribution in [0.3, 0.4) is 0 Å². The average molecular weight is 201 g/mol. The Hall–Kier alpha value is -1.57. The van der Waals surface area contributed by atoms with Crippen LogP contribution in [0.2, 0.25) is 0 Å². The van der Waals surface area contributed by atoms with Crippen LogP contribution in [0.15, 0.2) is 24.4 Å². The van der Waals surface area contributed by atoms with Gasteiger partial charge in [0, 0.05) is 29.2 Å². The molecule has 0 fully saturated rings. The minimum atomic E-state index is 0.137. The zero-order chi connectivity index (χ0) is 11.0. The lowest BCUT2D eigenvalue weighted by molar-refractivity contribution is 0.101. The van der Waals surface area contributed by atoms with Gasteiger partial charge in [-0.1, -0.05) is 12.1 Å². The largest absolute Gasteiger partial charge is 0.347 e. The van der Waals surface area contributed by atoms with Crippen molar-refractivity contribution in [2.45, 2.75) is 27.3 Å². The van der Waals surface area contributed by atoms with E-state index in [1.165, 1.54) is 5.56 Å². The molecule has 15 heavy (non-hydrogen) atoms. The lowest BCUT2D eigenvalue weighted by atomic mass is 10.0. The molecule has 78 valence electrons. The van der Waals surface area contributed by atoms with E-state index < -0.39 is 0 Å². The molecule has 1 heterocycles. The lowest BCUT2D eigenvalue weighted by Crippen LogP contribution is -1.95. The second-order valence-corrected chi connectivity index (χ2v) is 3.85. The van der Waals surface area contributed by atoms with Crippen LogP contribution in [0.5, 0.6) is 0 Å².